The number of aromatic hydroxyl groups is 1. The Balaban J connectivity index is 0.00000380. The molecular weight excluding hydrogens is 511 g/mol. The summed E-state index contributed by atoms with van der Waals surface area (Å²) >= 11 is 12.3. The molecule has 2 amide bonds. The molecule has 0 aromatic heterocycles. The van der Waals surface area contributed by atoms with Crippen LogP contribution in [0.4, 0.5) is 17.1 Å². The average molecular weight is 537 g/mol. The molecule has 0 fully saturated rings. The first-order valence-corrected chi connectivity index (χ1v) is 11.7. The van der Waals surface area contributed by atoms with Gasteiger partial charge in [-0.25, -0.2) is 0 Å². The van der Waals surface area contributed by atoms with E-state index >= 15 is 0 Å². The molecule has 0 unspecified atom stereocenters. The fraction of sp³-hybridized carbons (Fsp3) is 0.143. The number of fused-ring (bicyclic) bond motifs is 1. The van der Waals surface area contributed by atoms with Crippen molar-refractivity contribution in [2.45, 2.75) is 21.3 Å². The number of hydrogen-bond acceptors (Lipinski definition) is 5. The number of nitrogens with zero attached hydrogens (tertiary/aromatic N) is 2. The zero-order valence-corrected chi connectivity index (χ0v) is 21.2. The molecular formula is C28H26Cl2N4O3. The van der Waals surface area contributed by atoms with Gasteiger partial charge in [0.25, 0.3) is 11.8 Å². The van der Waals surface area contributed by atoms with Crippen molar-refractivity contribution in [3.05, 3.63) is 93.0 Å². The summed E-state index contributed by atoms with van der Waals surface area (Å²) in [6.45, 7) is 3.84. The van der Waals surface area contributed by atoms with Crippen LogP contribution in [0.1, 0.15) is 39.3 Å². The smallest absolute Gasteiger partial charge is 0.259 e. The molecule has 37 heavy (non-hydrogen) atoms. The van der Waals surface area contributed by atoms with Crippen LogP contribution >= 0.6 is 23.2 Å². The predicted octanol–water partition coefficient (Wildman–Crippen LogP) is 8.13. The van der Waals surface area contributed by atoms with E-state index in [4.69, 9.17) is 23.2 Å². The maximum atomic E-state index is 13.3. The quantitative estimate of drug-likeness (QED) is 0.224. The largest absolute Gasteiger partial charge is 0.505 e. The highest BCUT2D eigenvalue weighted by Gasteiger charge is 2.20. The van der Waals surface area contributed by atoms with Crippen LogP contribution < -0.4 is 10.6 Å². The number of carbonyl (C=O) groups is 2. The molecule has 7 nitrogen and oxygen atoms in total. The molecule has 0 aliphatic heterocycles. The Bertz CT molecular complexity index is 1550. The Hall–Kier alpha value is -3.94. The van der Waals surface area contributed by atoms with Gasteiger partial charge < -0.3 is 15.7 Å². The molecule has 4 aromatic rings. The van der Waals surface area contributed by atoms with Crippen LogP contribution in [-0.4, -0.2) is 24.0 Å². The van der Waals surface area contributed by atoms with E-state index in [0.717, 1.165) is 11.1 Å². The molecule has 0 heterocycles. The van der Waals surface area contributed by atoms with Gasteiger partial charge in [0.15, 0.2) is 5.75 Å². The topological polar surface area (TPSA) is 103 Å². The molecule has 3 N–H and O–H groups in total. The summed E-state index contributed by atoms with van der Waals surface area (Å²) in [7, 11) is 1.53. The summed E-state index contributed by atoms with van der Waals surface area (Å²) < 4.78 is 0. The number of hydrogen-bond donors (Lipinski definition) is 3. The number of aryl methyl sites for hydroxylation is 2. The van der Waals surface area contributed by atoms with Crippen molar-refractivity contribution in [3.63, 3.8) is 0 Å². The Labute approximate surface area is 225 Å². The number of nitrogens with one attached hydrogen (secondary N) is 2. The lowest BCUT2D eigenvalue weighted by Gasteiger charge is -2.13. The molecule has 0 radical (unpaired) electrons. The number of phenols is 1. The fourth-order valence-electron chi connectivity index (χ4n) is 3.75. The van der Waals surface area contributed by atoms with Gasteiger partial charge in [0.1, 0.15) is 11.4 Å². The first kappa shape index (κ1) is 27.6. The van der Waals surface area contributed by atoms with Gasteiger partial charge in [0, 0.05) is 28.7 Å². The van der Waals surface area contributed by atoms with Crippen molar-refractivity contribution in [1.29, 1.82) is 0 Å². The second-order valence-corrected chi connectivity index (χ2v) is 9.05. The van der Waals surface area contributed by atoms with E-state index in [0.29, 0.717) is 37.8 Å². The van der Waals surface area contributed by atoms with Crippen LogP contribution in [0.2, 0.25) is 10.0 Å². The fourth-order valence-corrected chi connectivity index (χ4v) is 4.07. The number of amides is 2. The maximum absolute atomic E-state index is 13.3. The van der Waals surface area contributed by atoms with E-state index in [1.165, 1.54) is 19.2 Å². The number of azo groups is 1. The molecule has 0 atom stereocenters. The number of benzene rings is 4. The third kappa shape index (κ3) is 5.90. The summed E-state index contributed by atoms with van der Waals surface area (Å²) in [5.74, 6) is -1.19. The van der Waals surface area contributed by atoms with Crippen LogP contribution in [0.5, 0.6) is 5.75 Å². The monoisotopic (exact) mass is 536 g/mol. The normalized spacial score (nSPS) is 10.8. The van der Waals surface area contributed by atoms with Crippen LogP contribution in [0.15, 0.2) is 70.9 Å². The molecule has 190 valence electrons. The van der Waals surface area contributed by atoms with Crippen LogP contribution in [0.3, 0.4) is 0 Å². The van der Waals surface area contributed by atoms with Crippen molar-refractivity contribution in [2.24, 2.45) is 10.2 Å². The van der Waals surface area contributed by atoms with E-state index in [9.17, 15) is 14.7 Å². The Morgan fingerprint density at radius 2 is 1.65 bits per heavy atom. The van der Waals surface area contributed by atoms with Gasteiger partial charge in [0.2, 0.25) is 0 Å². The number of halogens is 2. The van der Waals surface area contributed by atoms with Crippen molar-refractivity contribution >= 4 is 62.9 Å². The number of rotatable bonds is 5. The van der Waals surface area contributed by atoms with Crippen LogP contribution in [-0.2, 0) is 0 Å². The van der Waals surface area contributed by atoms with Gasteiger partial charge in [0.05, 0.1) is 10.6 Å². The molecule has 4 rings (SSSR count). The van der Waals surface area contributed by atoms with Crippen molar-refractivity contribution in [3.8, 4) is 5.75 Å². The Kier molecular flexibility index (Phi) is 8.53. The highest BCUT2D eigenvalue weighted by molar-refractivity contribution is 6.35. The van der Waals surface area contributed by atoms with Gasteiger partial charge in [-0.15, -0.1) is 10.2 Å². The molecule has 0 aliphatic rings. The summed E-state index contributed by atoms with van der Waals surface area (Å²) in [5.41, 5.74) is 3.25. The summed E-state index contributed by atoms with van der Waals surface area (Å²) in [6.07, 6.45) is 0. The zero-order valence-electron chi connectivity index (χ0n) is 19.7. The lowest BCUT2D eigenvalue weighted by molar-refractivity contribution is 0.0962. The van der Waals surface area contributed by atoms with Gasteiger partial charge >= 0.3 is 0 Å². The minimum atomic E-state index is -0.538. The van der Waals surface area contributed by atoms with Crippen LogP contribution in [0, 0.1) is 13.8 Å². The molecule has 0 spiro atoms. The third-order valence-electron chi connectivity index (χ3n) is 5.62. The Morgan fingerprint density at radius 3 is 2.35 bits per heavy atom. The minimum Gasteiger partial charge on any atom is -0.505 e. The van der Waals surface area contributed by atoms with Gasteiger partial charge in [-0.2, -0.15) is 0 Å². The highest BCUT2D eigenvalue weighted by Crippen LogP contribution is 2.41. The number of carbonyl (C=O) groups excluding carboxylic acids is 2. The van der Waals surface area contributed by atoms with E-state index in [1.54, 1.807) is 36.4 Å². The van der Waals surface area contributed by atoms with Crippen molar-refractivity contribution in [1.82, 2.24) is 5.32 Å². The number of anilines is 1. The molecule has 0 aliphatic carbocycles. The Morgan fingerprint density at radius 1 is 0.892 bits per heavy atom. The minimum absolute atomic E-state index is 0. The van der Waals surface area contributed by atoms with Crippen LogP contribution in [0.25, 0.3) is 10.8 Å². The molecule has 0 saturated carbocycles. The summed E-state index contributed by atoms with van der Waals surface area (Å²) in [5, 5.41) is 26.7. The molecule has 0 saturated heterocycles. The standard InChI is InChI=1S/C27H22Cl2N4O3.CH4/c1-14-4-9-22(15(2)10-14)31-27(36)20-12-17-11-16(26(35)30-3)5-7-19(17)24(25(20)34)33-32-23-13-18(28)6-8-21(23)29;/h4-13,34H,1-3H3,(H,30,35)(H,31,36);1H4. The lowest BCUT2D eigenvalue weighted by atomic mass is 10.00. The van der Waals surface area contributed by atoms with Gasteiger partial charge in [-0.3, -0.25) is 9.59 Å². The summed E-state index contributed by atoms with van der Waals surface area (Å²) in [6, 6.07) is 16.7. The van der Waals surface area contributed by atoms with Crippen molar-refractivity contribution < 1.29 is 14.7 Å². The lowest BCUT2D eigenvalue weighted by Crippen LogP contribution is -2.17. The van der Waals surface area contributed by atoms with Gasteiger partial charge in [-0.05, 0) is 67.3 Å². The van der Waals surface area contributed by atoms with E-state index < -0.39 is 5.91 Å². The zero-order chi connectivity index (χ0) is 26.0. The first-order valence-electron chi connectivity index (χ1n) is 10.9. The average Bonchev–Trinajstić information content (AvgIpc) is 2.85. The third-order valence-corrected chi connectivity index (χ3v) is 6.17. The van der Waals surface area contributed by atoms with Gasteiger partial charge in [-0.1, -0.05) is 54.4 Å². The molecule has 0 bridgehead atoms. The second kappa shape index (κ2) is 11.4. The van der Waals surface area contributed by atoms with E-state index in [1.807, 2.05) is 26.0 Å². The van der Waals surface area contributed by atoms with E-state index in [2.05, 4.69) is 20.9 Å². The predicted molar refractivity (Wildman–Crippen MR) is 150 cm³/mol. The molecule has 4 aromatic carbocycles. The van der Waals surface area contributed by atoms with Crippen molar-refractivity contribution in [2.75, 3.05) is 12.4 Å². The second-order valence-electron chi connectivity index (χ2n) is 8.20. The maximum Gasteiger partial charge on any atom is 0.259 e. The molecule has 9 heteroatoms. The summed E-state index contributed by atoms with van der Waals surface area (Å²) in [4.78, 5) is 25.5. The van der Waals surface area contributed by atoms with E-state index in [-0.39, 0.29) is 30.3 Å². The highest BCUT2D eigenvalue weighted by atomic mass is 35.5. The first-order chi connectivity index (χ1) is 17.2. The number of phenolic OH excluding ortho intramolecular Hbond substituents is 1. The SMILES string of the molecule is C.CNC(=O)c1ccc2c(N=Nc3cc(Cl)ccc3Cl)c(O)c(C(=O)Nc3ccc(C)cc3C)cc2c1.